The number of para-hydroxylation sites is 1. The van der Waals surface area contributed by atoms with E-state index in [-0.39, 0.29) is 11.8 Å². The van der Waals surface area contributed by atoms with Crippen LogP contribution in [0.25, 0.3) is 10.9 Å². The second-order valence-corrected chi connectivity index (χ2v) is 6.09. The Morgan fingerprint density at radius 3 is 2.84 bits per heavy atom. The van der Waals surface area contributed by atoms with E-state index in [0.717, 1.165) is 16.6 Å². The normalized spacial score (nSPS) is 14.0. The van der Waals surface area contributed by atoms with Crippen LogP contribution in [-0.2, 0) is 0 Å². The van der Waals surface area contributed by atoms with E-state index in [1.54, 1.807) is 23.1 Å². The van der Waals surface area contributed by atoms with Crippen molar-refractivity contribution in [1.82, 2.24) is 10.3 Å². The van der Waals surface area contributed by atoms with Crippen LogP contribution in [-0.4, -0.2) is 29.9 Å². The minimum absolute atomic E-state index is 0.119. The first-order valence-electron chi connectivity index (χ1n) is 8.20. The van der Waals surface area contributed by atoms with Crippen molar-refractivity contribution in [3.63, 3.8) is 0 Å². The van der Waals surface area contributed by atoms with Crippen LogP contribution in [0.4, 0.5) is 5.69 Å². The first kappa shape index (κ1) is 15.3. The molecule has 5 heteroatoms. The predicted molar refractivity (Wildman–Crippen MR) is 96.9 cm³/mol. The predicted octanol–water partition coefficient (Wildman–Crippen LogP) is 2.93. The lowest BCUT2D eigenvalue weighted by molar-refractivity contribution is 0.0953. The molecule has 0 atom stereocenters. The molecule has 5 nitrogen and oxygen atoms in total. The standard InChI is InChI=1S/C20H17N3O2/c1-13-6-7-14-12-15(8-9-17(14)22-13)20(25)23-11-10-21-19(24)16-4-2-3-5-18(16)23/h2-9,12H,10-11H2,1H3,(H,21,24). The summed E-state index contributed by atoms with van der Waals surface area (Å²) >= 11 is 0. The van der Waals surface area contributed by atoms with Gasteiger partial charge in [0, 0.05) is 29.7 Å². The Morgan fingerprint density at radius 1 is 1.12 bits per heavy atom. The largest absolute Gasteiger partial charge is 0.350 e. The highest BCUT2D eigenvalue weighted by molar-refractivity contribution is 6.12. The van der Waals surface area contributed by atoms with E-state index in [2.05, 4.69) is 10.3 Å². The van der Waals surface area contributed by atoms with E-state index >= 15 is 0 Å². The van der Waals surface area contributed by atoms with Crippen molar-refractivity contribution in [2.45, 2.75) is 6.92 Å². The Bertz CT molecular complexity index is 997. The summed E-state index contributed by atoms with van der Waals surface area (Å²) in [6, 6.07) is 16.6. The van der Waals surface area contributed by atoms with E-state index in [9.17, 15) is 9.59 Å². The van der Waals surface area contributed by atoms with Gasteiger partial charge in [-0.3, -0.25) is 14.6 Å². The minimum atomic E-state index is -0.149. The molecule has 1 aromatic heterocycles. The van der Waals surface area contributed by atoms with Gasteiger partial charge < -0.3 is 10.2 Å². The van der Waals surface area contributed by atoms with Crippen molar-refractivity contribution >= 4 is 28.4 Å². The SMILES string of the molecule is Cc1ccc2cc(C(=O)N3CCNC(=O)c4ccccc43)ccc2n1. The van der Waals surface area contributed by atoms with Gasteiger partial charge in [-0.25, -0.2) is 0 Å². The molecule has 0 saturated heterocycles. The highest BCUT2D eigenvalue weighted by Crippen LogP contribution is 2.25. The van der Waals surface area contributed by atoms with E-state index in [0.29, 0.717) is 29.9 Å². The third-order valence-corrected chi connectivity index (χ3v) is 4.38. The fraction of sp³-hybridized carbons (Fsp3) is 0.150. The summed E-state index contributed by atoms with van der Waals surface area (Å²) in [7, 11) is 0. The number of nitrogens with one attached hydrogen (secondary N) is 1. The molecule has 1 aliphatic heterocycles. The number of amides is 2. The molecule has 1 aliphatic rings. The number of aromatic nitrogens is 1. The number of carbonyl (C=O) groups excluding carboxylic acids is 2. The highest BCUT2D eigenvalue weighted by Gasteiger charge is 2.25. The first-order chi connectivity index (χ1) is 12.1. The number of hydrogen-bond donors (Lipinski definition) is 1. The molecule has 0 radical (unpaired) electrons. The molecule has 0 spiro atoms. The maximum absolute atomic E-state index is 13.1. The van der Waals surface area contributed by atoms with Gasteiger partial charge in [-0.2, -0.15) is 0 Å². The Hall–Kier alpha value is -3.21. The summed E-state index contributed by atoms with van der Waals surface area (Å²) < 4.78 is 0. The summed E-state index contributed by atoms with van der Waals surface area (Å²) in [4.78, 5) is 31.4. The van der Waals surface area contributed by atoms with Crippen molar-refractivity contribution in [2.24, 2.45) is 0 Å². The van der Waals surface area contributed by atoms with Gasteiger partial charge in [-0.1, -0.05) is 18.2 Å². The van der Waals surface area contributed by atoms with Crippen LogP contribution in [0.5, 0.6) is 0 Å². The number of fused-ring (bicyclic) bond motifs is 2. The summed E-state index contributed by atoms with van der Waals surface area (Å²) in [5.74, 6) is -0.268. The number of carbonyl (C=O) groups is 2. The van der Waals surface area contributed by atoms with Gasteiger partial charge in [-0.15, -0.1) is 0 Å². The summed E-state index contributed by atoms with van der Waals surface area (Å²) in [5.41, 5.74) is 3.56. The summed E-state index contributed by atoms with van der Waals surface area (Å²) in [6.45, 7) is 2.80. The zero-order chi connectivity index (χ0) is 17.4. The average Bonchev–Trinajstić information content (AvgIpc) is 2.80. The topological polar surface area (TPSA) is 62.3 Å². The molecule has 0 unspecified atom stereocenters. The van der Waals surface area contributed by atoms with Crippen LogP contribution < -0.4 is 10.2 Å². The lowest BCUT2D eigenvalue weighted by atomic mass is 10.1. The average molecular weight is 331 g/mol. The molecule has 25 heavy (non-hydrogen) atoms. The van der Waals surface area contributed by atoms with Crippen LogP contribution in [0.15, 0.2) is 54.6 Å². The van der Waals surface area contributed by atoms with Gasteiger partial charge in [0.2, 0.25) is 0 Å². The minimum Gasteiger partial charge on any atom is -0.350 e. The van der Waals surface area contributed by atoms with E-state index in [4.69, 9.17) is 0 Å². The van der Waals surface area contributed by atoms with Crippen molar-refractivity contribution in [3.8, 4) is 0 Å². The third-order valence-electron chi connectivity index (χ3n) is 4.38. The van der Waals surface area contributed by atoms with Gasteiger partial charge in [-0.05, 0) is 43.3 Å². The number of benzene rings is 2. The van der Waals surface area contributed by atoms with Gasteiger partial charge in [0.25, 0.3) is 11.8 Å². The van der Waals surface area contributed by atoms with Crippen molar-refractivity contribution in [3.05, 3.63) is 71.4 Å². The second-order valence-electron chi connectivity index (χ2n) is 6.09. The molecular formula is C20H17N3O2. The molecule has 0 aliphatic carbocycles. The van der Waals surface area contributed by atoms with Gasteiger partial charge in [0.05, 0.1) is 16.8 Å². The molecule has 2 heterocycles. The Kier molecular flexibility index (Phi) is 3.69. The first-order valence-corrected chi connectivity index (χ1v) is 8.20. The number of rotatable bonds is 1. The molecule has 0 saturated carbocycles. The molecule has 124 valence electrons. The van der Waals surface area contributed by atoms with Gasteiger partial charge >= 0.3 is 0 Å². The lowest BCUT2D eigenvalue weighted by Gasteiger charge is -2.22. The molecular weight excluding hydrogens is 314 g/mol. The maximum atomic E-state index is 13.1. The van der Waals surface area contributed by atoms with Crippen molar-refractivity contribution in [2.75, 3.05) is 18.0 Å². The Balaban J connectivity index is 1.76. The number of aryl methyl sites for hydroxylation is 1. The van der Waals surface area contributed by atoms with Crippen LogP contribution in [0.3, 0.4) is 0 Å². The fourth-order valence-corrected chi connectivity index (χ4v) is 3.13. The smallest absolute Gasteiger partial charge is 0.258 e. The zero-order valence-electron chi connectivity index (χ0n) is 13.8. The van der Waals surface area contributed by atoms with E-state index < -0.39 is 0 Å². The number of nitrogens with zero attached hydrogens (tertiary/aromatic N) is 2. The molecule has 2 aromatic carbocycles. The van der Waals surface area contributed by atoms with Crippen LogP contribution in [0.2, 0.25) is 0 Å². The Morgan fingerprint density at radius 2 is 1.96 bits per heavy atom. The molecule has 4 rings (SSSR count). The number of anilines is 1. The zero-order valence-corrected chi connectivity index (χ0v) is 13.8. The molecule has 0 fully saturated rings. The number of pyridine rings is 1. The lowest BCUT2D eigenvalue weighted by Crippen LogP contribution is -2.35. The third kappa shape index (κ3) is 2.74. The van der Waals surface area contributed by atoms with Crippen molar-refractivity contribution < 1.29 is 9.59 Å². The number of hydrogen-bond acceptors (Lipinski definition) is 3. The fourth-order valence-electron chi connectivity index (χ4n) is 3.13. The summed E-state index contributed by atoms with van der Waals surface area (Å²) in [6.07, 6.45) is 0. The maximum Gasteiger partial charge on any atom is 0.258 e. The van der Waals surface area contributed by atoms with Crippen LogP contribution in [0.1, 0.15) is 26.4 Å². The molecule has 3 aromatic rings. The quantitative estimate of drug-likeness (QED) is 0.746. The van der Waals surface area contributed by atoms with Gasteiger partial charge in [0.1, 0.15) is 0 Å². The molecule has 1 N–H and O–H groups in total. The second kappa shape index (κ2) is 6.02. The van der Waals surface area contributed by atoms with E-state index in [1.165, 1.54) is 0 Å². The van der Waals surface area contributed by atoms with Crippen molar-refractivity contribution in [1.29, 1.82) is 0 Å². The Labute approximate surface area is 145 Å². The molecule has 0 bridgehead atoms. The van der Waals surface area contributed by atoms with Gasteiger partial charge in [0.15, 0.2) is 0 Å². The molecule has 2 amide bonds. The van der Waals surface area contributed by atoms with Crippen LogP contribution in [0, 0.1) is 6.92 Å². The van der Waals surface area contributed by atoms with Crippen LogP contribution >= 0.6 is 0 Å². The summed E-state index contributed by atoms with van der Waals surface area (Å²) in [5, 5.41) is 3.75. The van der Waals surface area contributed by atoms with E-state index in [1.807, 2.05) is 43.3 Å². The monoisotopic (exact) mass is 331 g/mol. The highest BCUT2D eigenvalue weighted by atomic mass is 16.2.